The van der Waals surface area contributed by atoms with Crippen molar-refractivity contribution in [2.75, 3.05) is 20.2 Å². The standard InChI is InChI=1S/C14H13FN4O3/c1-21-13-10(3-2-4-16-13)12-17-5-11(15)14(18-12)22-9-6-19(7-9)8-20/h2-5,8-9H,6-7H2,1H3. The zero-order chi connectivity index (χ0) is 15.5. The molecule has 1 amide bonds. The van der Waals surface area contributed by atoms with Crippen LogP contribution in [0.15, 0.2) is 24.5 Å². The van der Waals surface area contributed by atoms with E-state index in [-0.39, 0.29) is 17.8 Å². The molecule has 1 fully saturated rings. The van der Waals surface area contributed by atoms with E-state index >= 15 is 0 Å². The summed E-state index contributed by atoms with van der Waals surface area (Å²) >= 11 is 0. The molecular formula is C14H13FN4O3. The van der Waals surface area contributed by atoms with Gasteiger partial charge in [-0.15, -0.1) is 0 Å². The molecule has 3 rings (SSSR count). The molecule has 0 unspecified atom stereocenters. The van der Waals surface area contributed by atoms with Gasteiger partial charge in [0.05, 0.1) is 32.0 Å². The Balaban J connectivity index is 1.85. The summed E-state index contributed by atoms with van der Waals surface area (Å²) in [4.78, 5) is 24.1. The summed E-state index contributed by atoms with van der Waals surface area (Å²) in [5, 5.41) is 0. The maximum atomic E-state index is 13.8. The fraction of sp³-hybridized carbons (Fsp3) is 0.286. The van der Waals surface area contributed by atoms with E-state index in [1.165, 1.54) is 12.0 Å². The number of methoxy groups -OCH3 is 1. The first-order valence-electron chi connectivity index (χ1n) is 6.59. The molecule has 8 heteroatoms. The molecule has 2 aromatic rings. The van der Waals surface area contributed by atoms with Crippen molar-refractivity contribution in [1.29, 1.82) is 0 Å². The van der Waals surface area contributed by atoms with Crippen molar-refractivity contribution in [3.05, 3.63) is 30.3 Å². The summed E-state index contributed by atoms with van der Waals surface area (Å²) in [5.41, 5.74) is 0.540. The fourth-order valence-electron chi connectivity index (χ4n) is 2.08. The summed E-state index contributed by atoms with van der Waals surface area (Å²) in [6, 6.07) is 3.43. The minimum absolute atomic E-state index is 0.147. The van der Waals surface area contributed by atoms with Crippen molar-refractivity contribution in [2.24, 2.45) is 0 Å². The first-order valence-corrected chi connectivity index (χ1v) is 6.59. The highest BCUT2D eigenvalue weighted by Crippen LogP contribution is 2.27. The van der Waals surface area contributed by atoms with Crippen LogP contribution in [-0.2, 0) is 4.79 Å². The number of aromatic nitrogens is 3. The fourth-order valence-corrected chi connectivity index (χ4v) is 2.08. The summed E-state index contributed by atoms with van der Waals surface area (Å²) in [5.74, 6) is -0.202. The number of pyridine rings is 1. The van der Waals surface area contributed by atoms with Gasteiger partial charge in [-0.2, -0.15) is 9.37 Å². The zero-order valence-electron chi connectivity index (χ0n) is 11.8. The molecule has 0 radical (unpaired) electrons. The third-order valence-electron chi connectivity index (χ3n) is 3.22. The SMILES string of the molecule is COc1ncccc1-c1ncc(F)c(OC2CN(C=O)C2)n1. The molecular weight excluding hydrogens is 291 g/mol. The maximum Gasteiger partial charge on any atom is 0.254 e. The molecule has 1 aliphatic rings. The van der Waals surface area contributed by atoms with E-state index < -0.39 is 5.82 Å². The van der Waals surface area contributed by atoms with Crippen molar-refractivity contribution in [3.8, 4) is 23.1 Å². The maximum absolute atomic E-state index is 13.8. The molecule has 0 saturated carbocycles. The molecule has 0 atom stereocenters. The number of rotatable bonds is 5. The lowest BCUT2D eigenvalue weighted by Gasteiger charge is -2.35. The van der Waals surface area contributed by atoms with E-state index in [4.69, 9.17) is 9.47 Å². The monoisotopic (exact) mass is 304 g/mol. The third kappa shape index (κ3) is 2.67. The van der Waals surface area contributed by atoms with Crippen LogP contribution in [0.4, 0.5) is 4.39 Å². The molecule has 3 heterocycles. The van der Waals surface area contributed by atoms with Gasteiger partial charge >= 0.3 is 0 Å². The number of ether oxygens (including phenoxy) is 2. The smallest absolute Gasteiger partial charge is 0.254 e. The van der Waals surface area contributed by atoms with Crippen LogP contribution in [0.25, 0.3) is 11.4 Å². The second-order valence-corrected chi connectivity index (χ2v) is 4.71. The molecule has 1 saturated heterocycles. The van der Waals surface area contributed by atoms with E-state index in [1.54, 1.807) is 18.3 Å². The van der Waals surface area contributed by atoms with Crippen molar-refractivity contribution >= 4 is 6.41 Å². The van der Waals surface area contributed by atoms with Crippen molar-refractivity contribution in [1.82, 2.24) is 19.9 Å². The lowest BCUT2D eigenvalue weighted by atomic mass is 10.2. The van der Waals surface area contributed by atoms with Gasteiger partial charge in [0.15, 0.2) is 5.82 Å². The van der Waals surface area contributed by atoms with Crippen LogP contribution in [0.1, 0.15) is 0 Å². The molecule has 0 spiro atoms. The summed E-state index contributed by atoms with van der Waals surface area (Å²) in [6.45, 7) is 0.830. The Labute approximate surface area is 125 Å². The van der Waals surface area contributed by atoms with Gasteiger partial charge in [0, 0.05) is 6.20 Å². The number of amides is 1. The minimum atomic E-state index is -0.656. The Bertz CT molecular complexity index is 692. The van der Waals surface area contributed by atoms with Crippen LogP contribution in [0.5, 0.6) is 11.8 Å². The Morgan fingerprint density at radius 3 is 2.91 bits per heavy atom. The topological polar surface area (TPSA) is 77.4 Å². The number of likely N-dealkylation sites (tertiary alicyclic amines) is 1. The molecule has 0 aromatic carbocycles. The minimum Gasteiger partial charge on any atom is -0.480 e. The average molecular weight is 304 g/mol. The van der Waals surface area contributed by atoms with Gasteiger partial charge in [-0.3, -0.25) is 4.79 Å². The second kappa shape index (κ2) is 5.92. The van der Waals surface area contributed by atoms with Gasteiger partial charge in [-0.25, -0.2) is 9.97 Å². The third-order valence-corrected chi connectivity index (χ3v) is 3.22. The van der Waals surface area contributed by atoms with Crippen LogP contribution in [-0.4, -0.2) is 52.6 Å². The second-order valence-electron chi connectivity index (χ2n) is 4.71. The Kier molecular flexibility index (Phi) is 3.82. The Morgan fingerprint density at radius 2 is 2.18 bits per heavy atom. The van der Waals surface area contributed by atoms with E-state index in [1.807, 2.05) is 0 Å². The summed E-state index contributed by atoms with van der Waals surface area (Å²) < 4.78 is 24.4. The highest BCUT2D eigenvalue weighted by molar-refractivity contribution is 5.61. The molecule has 2 aromatic heterocycles. The van der Waals surface area contributed by atoms with E-state index in [9.17, 15) is 9.18 Å². The number of carbonyl (C=O) groups is 1. The first kappa shape index (κ1) is 14.2. The predicted octanol–water partition coefficient (Wildman–Crippen LogP) is 0.906. The van der Waals surface area contributed by atoms with Gasteiger partial charge < -0.3 is 14.4 Å². The van der Waals surface area contributed by atoms with Gasteiger partial charge in [0.1, 0.15) is 6.10 Å². The van der Waals surface area contributed by atoms with Crippen LogP contribution in [0.3, 0.4) is 0 Å². The molecule has 1 aliphatic heterocycles. The summed E-state index contributed by atoms with van der Waals surface area (Å²) in [7, 11) is 1.48. The number of carbonyl (C=O) groups excluding carboxylic acids is 1. The van der Waals surface area contributed by atoms with Gasteiger partial charge in [-0.1, -0.05) is 0 Å². The molecule has 0 bridgehead atoms. The average Bonchev–Trinajstić information content (AvgIpc) is 2.52. The van der Waals surface area contributed by atoms with Crippen LogP contribution >= 0.6 is 0 Å². The lowest BCUT2D eigenvalue weighted by Crippen LogP contribution is -2.53. The van der Waals surface area contributed by atoms with Crippen molar-refractivity contribution in [2.45, 2.75) is 6.10 Å². The molecule has 7 nitrogen and oxygen atoms in total. The highest BCUT2D eigenvalue weighted by Gasteiger charge is 2.28. The van der Waals surface area contributed by atoms with Crippen molar-refractivity contribution < 1.29 is 18.7 Å². The largest absolute Gasteiger partial charge is 0.480 e. The number of nitrogens with zero attached hydrogens (tertiary/aromatic N) is 4. The first-order chi connectivity index (χ1) is 10.7. The van der Waals surface area contributed by atoms with Crippen molar-refractivity contribution in [3.63, 3.8) is 0 Å². The molecule has 0 aliphatic carbocycles. The molecule has 0 N–H and O–H groups in total. The molecule has 22 heavy (non-hydrogen) atoms. The van der Waals surface area contributed by atoms with Gasteiger partial charge in [-0.05, 0) is 12.1 Å². The highest BCUT2D eigenvalue weighted by atomic mass is 19.1. The van der Waals surface area contributed by atoms with E-state index in [0.717, 1.165) is 12.6 Å². The van der Waals surface area contributed by atoms with Crippen LogP contribution < -0.4 is 9.47 Å². The van der Waals surface area contributed by atoms with Gasteiger partial charge in [0.25, 0.3) is 5.88 Å². The zero-order valence-corrected chi connectivity index (χ0v) is 11.8. The number of hydrogen-bond donors (Lipinski definition) is 0. The quantitative estimate of drug-likeness (QED) is 0.764. The van der Waals surface area contributed by atoms with Gasteiger partial charge in [0.2, 0.25) is 18.1 Å². The number of halogens is 1. The van der Waals surface area contributed by atoms with E-state index in [0.29, 0.717) is 24.5 Å². The predicted molar refractivity (Wildman–Crippen MR) is 73.8 cm³/mol. The lowest BCUT2D eigenvalue weighted by molar-refractivity contribution is -0.126. The normalized spacial score (nSPS) is 14.4. The number of hydrogen-bond acceptors (Lipinski definition) is 6. The van der Waals surface area contributed by atoms with Crippen LogP contribution in [0.2, 0.25) is 0 Å². The Hall–Kier alpha value is -2.77. The summed E-state index contributed by atoms with van der Waals surface area (Å²) in [6.07, 6.45) is 3.08. The Morgan fingerprint density at radius 1 is 1.36 bits per heavy atom. The van der Waals surface area contributed by atoms with Crippen LogP contribution in [0, 0.1) is 5.82 Å². The van der Waals surface area contributed by atoms with E-state index in [2.05, 4.69) is 15.0 Å². The molecule has 114 valence electrons.